The molecule has 1 heterocycles. The zero-order valence-electron chi connectivity index (χ0n) is 11.9. The SMILES string of the molecule is Cc1ccsc1C1CC1C(=O)NCCC(=O)NS(C)(=O)=O. The lowest BCUT2D eigenvalue weighted by atomic mass is 10.2. The smallest absolute Gasteiger partial charge is 0.235 e. The molecular formula is C13H18N2O4S2. The van der Waals surface area contributed by atoms with Crippen molar-refractivity contribution in [1.82, 2.24) is 10.0 Å². The van der Waals surface area contributed by atoms with Crippen molar-refractivity contribution < 1.29 is 18.0 Å². The van der Waals surface area contributed by atoms with Crippen LogP contribution in [0.4, 0.5) is 0 Å². The van der Waals surface area contributed by atoms with Gasteiger partial charge >= 0.3 is 0 Å². The molecule has 1 aromatic rings. The van der Waals surface area contributed by atoms with E-state index in [2.05, 4.69) is 5.32 Å². The van der Waals surface area contributed by atoms with E-state index in [0.717, 1.165) is 12.7 Å². The van der Waals surface area contributed by atoms with Crippen molar-refractivity contribution in [3.63, 3.8) is 0 Å². The minimum Gasteiger partial charge on any atom is -0.355 e. The Morgan fingerprint density at radius 1 is 1.43 bits per heavy atom. The van der Waals surface area contributed by atoms with Gasteiger partial charge in [0.05, 0.1) is 6.26 Å². The van der Waals surface area contributed by atoms with Crippen molar-refractivity contribution in [2.24, 2.45) is 5.92 Å². The number of carbonyl (C=O) groups excluding carboxylic acids is 2. The molecule has 2 amide bonds. The van der Waals surface area contributed by atoms with Gasteiger partial charge in [0, 0.05) is 29.7 Å². The van der Waals surface area contributed by atoms with Crippen LogP contribution < -0.4 is 10.0 Å². The molecule has 1 aliphatic rings. The maximum absolute atomic E-state index is 11.9. The van der Waals surface area contributed by atoms with E-state index in [4.69, 9.17) is 0 Å². The van der Waals surface area contributed by atoms with E-state index in [1.807, 2.05) is 23.1 Å². The maximum Gasteiger partial charge on any atom is 0.235 e. The molecule has 2 N–H and O–H groups in total. The second-order valence-electron chi connectivity index (χ2n) is 5.25. The molecule has 1 aliphatic carbocycles. The van der Waals surface area contributed by atoms with E-state index in [1.54, 1.807) is 11.3 Å². The Hall–Kier alpha value is -1.41. The fourth-order valence-corrected chi connectivity index (χ4v) is 3.85. The van der Waals surface area contributed by atoms with Crippen molar-refractivity contribution in [1.29, 1.82) is 0 Å². The number of aryl methyl sites for hydroxylation is 1. The van der Waals surface area contributed by atoms with Crippen molar-refractivity contribution in [2.75, 3.05) is 12.8 Å². The molecule has 0 bridgehead atoms. The van der Waals surface area contributed by atoms with Gasteiger partial charge < -0.3 is 5.32 Å². The van der Waals surface area contributed by atoms with Gasteiger partial charge in [0.2, 0.25) is 21.8 Å². The van der Waals surface area contributed by atoms with Gasteiger partial charge in [-0.05, 0) is 30.4 Å². The quantitative estimate of drug-likeness (QED) is 0.805. The molecule has 2 unspecified atom stereocenters. The second-order valence-corrected chi connectivity index (χ2v) is 7.95. The van der Waals surface area contributed by atoms with Crippen LogP contribution in [0.2, 0.25) is 0 Å². The van der Waals surface area contributed by atoms with Crippen LogP contribution >= 0.6 is 11.3 Å². The number of hydrogen-bond donors (Lipinski definition) is 2. The molecular weight excluding hydrogens is 312 g/mol. The normalized spacial score (nSPS) is 20.9. The summed E-state index contributed by atoms with van der Waals surface area (Å²) in [5.74, 6) is -0.422. The fourth-order valence-electron chi connectivity index (χ4n) is 2.23. The fraction of sp³-hybridized carbons (Fsp3) is 0.538. The third-order valence-electron chi connectivity index (χ3n) is 3.32. The van der Waals surface area contributed by atoms with E-state index >= 15 is 0 Å². The van der Waals surface area contributed by atoms with Gasteiger partial charge in [-0.25, -0.2) is 8.42 Å². The Labute approximate surface area is 128 Å². The van der Waals surface area contributed by atoms with E-state index < -0.39 is 15.9 Å². The summed E-state index contributed by atoms with van der Waals surface area (Å²) < 4.78 is 23.6. The average Bonchev–Trinajstić information content (AvgIpc) is 3.02. The third kappa shape index (κ3) is 4.53. The van der Waals surface area contributed by atoms with Crippen LogP contribution in [0.25, 0.3) is 0 Å². The molecule has 1 fully saturated rings. The summed E-state index contributed by atoms with van der Waals surface area (Å²) in [7, 11) is -3.53. The first-order chi connectivity index (χ1) is 9.78. The summed E-state index contributed by atoms with van der Waals surface area (Å²) in [5, 5.41) is 4.70. The number of amides is 2. The summed E-state index contributed by atoms with van der Waals surface area (Å²) in [6, 6.07) is 2.04. The summed E-state index contributed by atoms with van der Waals surface area (Å²) in [6.07, 6.45) is 1.71. The van der Waals surface area contributed by atoms with Gasteiger partial charge in [-0.3, -0.25) is 14.3 Å². The minimum absolute atomic E-state index is 0.0275. The largest absolute Gasteiger partial charge is 0.355 e. The Kier molecular flexibility index (Phi) is 4.67. The number of thiophene rings is 1. The minimum atomic E-state index is -3.53. The lowest BCUT2D eigenvalue weighted by Crippen LogP contribution is -2.34. The zero-order chi connectivity index (χ0) is 15.6. The number of hydrogen-bond acceptors (Lipinski definition) is 5. The van der Waals surface area contributed by atoms with Crippen LogP contribution in [-0.2, 0) is 19.6 Å². The molecule has 8 heteroatoms. The van der Waals surface area contributed by atoms with Crippen LogP contribution in [0.15, 0.2) is 11.4 Å². The molecule has 2 atom stereocenters. The Morgan fingerprint density at radius 3 is 2.71 bits per heavy atom. The molecule has 0 aliphatic heterocycles. The molecule has 1 aromatic heterocycles. The molecule has 2 rings (SSSR count). The first kappa shape index (κ1) is 16.0. The highest BCUT2D eigenvalue weighted by Crippen LogP contribution is 2.50. The van der Waals surface area contributed by atoms with Crippen molar-refractivity contribution in [2.45, 2.75) is 25.7 Å². The number of nitrogens with one attached hydrogen (secondary N) is 2. The van der Waals surface area contributed by atoms with Crippen molar-refractivity contribution >= 4 is 33.2 Å². The predicted octanol–water partition coefficient (Wildman–Crippen LogP) is 0.742. The Balaban J connectivity index is 1.72. The number of rotatable bonds is 6. The number of sulfonamides is 1. The van der Waals surface area contributed by atoms with Gasteiger partial charge in [-0.2, -0.15) is 0 Å². The van der Waals surface area contributed by atoms with Crippen LogP contribution in [0.3, 0.4) is 0 Å². The van der Waals surface area contributed by atoms with Gasteiger partial charge in [-0.1, -0.05) is 0 Å². The number of carbonyl (C=O) groups is 2. The maximum atomic E-state index is 11.9. The monoisotopic (exact) mass is 330 g/mol. The zero-order valence-corrected chi connectivity index (χ0v) is 13.5. The topological polar surface area (TPSA) is 92.3 Å². The van der Waals surface area contributed by atoms with Crippen LogP contribution in [0.5, 0.6) is 0 Å². The van der Waals surface area contributed by atoms with Gasteiger partial charge in [-0.15, -0.1) is 11.3 Å². The highest BCUT2D eigenvalue weighted by atomic mass is 32.2. The molecule has 0 aromatic carbocycles. The molecule has 116 valence electrons. The Bertz CT molecular complexity index is 651. The van der Waals surface area contributed by atoms with Gasteiger partial charge in [0.1, 0.15) is 0 Å². The average molecular weight is 330 g/mol. The Morgan fingerprint density at radius 2 is 2.14 bits per heavy atom. The highest BCUT2D eigenvalue weighted by molar-refractivity contribution is 7.89. The molecule has 0 saturated heterocycles. The lowest BCUT2D eigenvalue weighted by molar-refractivity contribution is -0.122. The first-order valence-corrected chi connectivity index (χ1v) is 9.37. The third-order valence-corrected chi connectivity index (χ3v) is 5.07. The van der Waals surface area contributed by atoms with Crippen LogP contribution in [0, 0.1) is 12.8 Å². The van der Waals surface area contributed by atoms with Crippen molar-refractivity contribution in [3.05, 3.63) is 21.9 Å². The van der Waals surface area contributed by atoms with E-state index in [-0.39, 0.29) is 30.7 Å². The highest BCUT2D eigenvalue weighted by Gasteiger charge is 2.45. The molecule has 6 nitrogen and oxygen atoms in total. The second kappa shape index (κ2) is 6.15. The van der Waals surface area contributed by atoms with Crippen molar-refractivity contribution in [3.8, 4) is 0 Å². The van der Waals surface area contributed by atoms with Crippen LogP contribution in [-0.4, -0.2) is 33.0 Å². The van der Waals surface area contributed by atoms with E-state index in [9.17, 15) is 18.0 Å². The predicted molar refractivity (Wildman–Crippen MR) is 80.5 cm³/mol. The summed E-state index contributed by atoms with van der Waals surface area (Å²) >= 11 is 1.67. The van der Waals surface area contributed by atoms with E-state index in [1.165, 1.54) is 10.4 Å². The molecule has 1 saturated carbocycles. The molecule has 0 radical (unpaired) electrons. The summed E-state index contributed by atoms with van der Waals surface area (Å²) in [5.41, 5.74) is 1.22. The first-order valence-electron chi connectivity index (χ1n) is 6.60. The summed E-state index contributed by atoms with van der Waals surface area (Å²) in [6.45, 7) is 2.18. The molecule has 21 heavy (non-hydrogen) atoms. The van der Waals surface area contributed by atoms with E-state index in [0.29, 0.717) is 0 Å². The van der Waals surface area contributed by atoms with Gasteiger partial charge in [0.15, 0.2) is 0 Å². The standard InChI is InChI=1S/C13H18N2O4S2/c1-8-4-6-20-12(8)9-7-10(9)13(17)14-5-3-11(16)15-21(2,18)19/h4,6,9-10H,3,5,7H2,1-2H3,(H,14,17)(H,15,16). The summed E-state index contributed by atoms with van der Waals surface area (Å²) in [4.78, 5) is 24.5. The van der Waals surface area contributed by atoms with Gasteiger partial charge in [0.25, 0.3) is 0 Å². The lowest BCUT2D eigenvalue weighted by Gasteiger charge is -2.05. The van der Waals surface area contributed by atoms with Crippen LogP contribution in [0.1, 0.15) is 29.2 Å². The molecule has 0 spiro atoms.